The summed E-state index contributed by atoms with van der Waals surface area (Å²) in [6.07, 6.45) is 5.01. The van der Waals surface area contributed by atoms with Gasteiger partial charge in [0.25, 0.3) is 0 Å². The summed E-state index contributed by atoms with van der Waals surface area (Å²) in [5, 5.41) is 9.14. The van der Waals surface area contributed by atoms with E-state index in [1.54, 1.807) is 11.0 Å². The van der Waals surface area contributed by atoms with Gasteiger partial charge in [0.05, 0.1) is 12.6 Å². The first-order valence-electron chi connectivity index (χ1n) is 5.55. The van der Waals surface area contributed by atoms with Crippen LogP contribution in [0.15, 0.2) is 22.6 Å². The molecule has 4 nitrogen and oxygen atoms in total. The topological polar surface area (TPSA) is 53.7 Å². The molecule has 5 heteroatoms. The van der Waals surface area contributed by atoms with Crippen molar-refractivity contribution in [2.45, 2.75) is 18.9 Å². The van der Waals surface area contributed by atoms with E-state index in [0.717, 1.165) is 23.2 Å². The van der Waals surface area contributed by atoms with Crippen molar-refractivity contribution < 1.29 is 14.3 Å². The van der Waals surface area contributed by atoms with Crippen molar-refractivity contribution >= 4 is 34.6 Å². The molecule has 1 amide bonds. The van der Waals surface area contributed by atoms with E-state index >= 15 is 0 Å². The highest BCUT2D eigenvalue weighted by molar-refractivity contribution is 14.1. The highest BCUT2D eigenvalue weighted by Crippen LogP contribution is 2.17. The standard InChI is InChI=1S/C12H14INO3/c13-11-5-3-10(17-11)4-6-12(16)14-7-1-2-9(14)8-15/h3-6,9,15H,1-2,7-8H2/b6-4+/t9-/m1/s1. The van der Waals surface area contributed by atoms with Crippen molar-refractivity contribution in [2.24, 2.45) is 0 Å². The molecule has 1 saturated heterocycles. The second kappa shape index (κ2) is 5.68. The molecular formula is C12H14INO3. The van der Waals surface area contributed by atoms with E-state index in [2.05, 4.69) is 22.6 Å². The van der Waals surface area contributed by atoms with Crippen molar-refractivity contribution in [1.82, 2.24) is 4.90 Å². The van der Waals surface area contributed by atoms with Crippen LogP contribution >= 0.6 is 22.6 Å². The monoisotopic (exact) mass is 347 g/mol. The van der Waals surface area contributed by atoms with Crippen LogP contribution in [0.4, 0.5) is 0 Å². The van der Waals surface area contributed by atoms with Crippen LogP contribution in [-0.4, -0.2) is 35.1 Å². The Morgan fingerprint density at radius 1 is 1.65 bits per heavy atom. The average molecular weight is 347 g/mol. The molecule has 0 aliphatic carbocycles. The summed E-state index contributed by atoms with van der Waals surface area (Å²) in [7, 11) is 0. The number of carbonyl (C=O) groups excluding carboxylic acids is 1. The minimum atomic E-state index is -0.0621. The Morgan fingerprint density at radius 3 is 3.12 bits per heavy atom. The fraction of sp³-hybridized carbons (Fsp3) is 0.417. The van der Waals surface area contributed by atoms with E-state index in [-0.39, 0.29) is 18.6 Å². The number of furan rings is 1. The average Bonchev–Trinajstić information content (AvgIpc) is 2.94. The number of nitrogens with zero attached hydrogens (tertiary/aromatic N) is 1. The quantitative estimate of drug-likeness (QED) is 0.671. The van der Waals surface area contributed by atoms with Gasteiger partial charge < -0.3 is 14.4 Å². The maximum absolute atomic E-state index is 11.9. The third kappa shape index (κ3) is 3.10. The molecule has 1 aromatic rings. The second-order valence-corrected chi connectivity index (χ2v) is 5.05. The zero-order valence-corrected chi connectivity index (χ0v) is 11.5. The molecule has 2 heterocycles. The highest BCUT2D eigenvalue weighted by Gasteiger charge is 2.26. The van der Waals surface area contributed by atoms with Crippen LogP contribution in [0.5, 0.6) is 0 Å². The maximum atomic E-state index is 11.9. The van der Waals surface area contributed by atoms with E-state index < -0.39 is 0 Å². The zero-order valence-electron chi connectivity index (χ0n) is 9.30. The van der Waals surface area contributed by atoms with Gasteiger partial charge in [-0.05, 0) is 53.6 Å². The van der Waals surface area contributed by atoms with Crippen LogP contribution in [-0.2, 0) is 4.79 Å². The van der Waals surface area contributed by atoms with Gasteiger partial charge in [0.2, 0.25) is 5.91 Å². The van der Waals surface area contributed by atoms with Crippen molar-refractivity contribution in [3.05, 3.63) is 27.7 Å². The fourth-order valence-corrected chi connectivity index (χ4v) is 2.42. The number of amides is 1. The first-order chi connectivity index (χ1) is 8.20. The van der Waals surface area contributed by atoms with Crippen LogP contribution < -0.4 is 0 Å². The van der Waals surface area contributed by atoms with E-state index in [0.29, 0.717) is 5.76 Å². The summed E-state index contributed by atoms with van der Waals surface area (Å²) in [6, 6.07) is 3.64. The number of aliphatic hydroxyl groups is 1. The molecule has 0 aromatic carbocycles. The molecule has 1 aliphatic rings. The summed E-state index contributed by atoms with van der Waals surface area (Å²) in [4.78, 5) is 13.6. The first kappa shape index (κ1) is 12.6. The molecule has 17 heavy (non-hydrogen) atoms. The summed E-state index contributed by atoms with van der Waals surface area (Å²) in [5.74, 6) is 0.607. The Labute approximate surface area is 113 Å². The minimum Gasteiger partial charge on any atom is -0.451 e. The van der Waals surface area contributed by atoms with E-state index in [9.17, 15) is 4.79 Å². The molecule has 1 N–H and O–H groups in total. The lowest BCUT2D eigenvalue weighted by molar-refractivity contribution is -0.127. The summed E-state index contributed by atoms with van der Waals surface area (Å²) >= 11 is 2.08. The Kier molecular flexibility index (Phi) is 4.22. The van der Waals surface area contributed by atoms with Gasteiger partial charge in [0.15, 0.2) is 3.77 Å². The number of rotatable bonds is 3. The Hall–Kier alpha value is -0.820. The van der Waals surface area contributed by atoms with Crippen LogP contribution in [0.3, 0.4) is 0 Å². The molecule has 0 radical (unpaired) electrons. The van der Waals surface area contributed by atoms with E-state index in [1.807, 2.05) is 12.1 Å². The van der Waals surface area contributed by atoms with Crippen molar-refractivity contribution in [1.29, 1.82) is 0 Å². The molecular weight excluding hydrogens is 333 g/mol. The van der Waals surface area contributed by atoms with Gasteiger partial charge in [0, 0.05) is 12.6 Å². The zero-order chi connectivity index (χ0) is 12.3. The summed E-state index contributed by atoms with van der Waals surface area (Å²) in [6.45, 7) is 0.766. The van der Waals surface area contributed by atoms with Crippen LogP contribution in [0, 0.1) is 3.77 Å². The third-order valence-electron chi connectivity index (χ3n) is 2.86. The Bertz CT molecular complexity index is 427. The predicted octanol–water partition coefficient (Wildman–Crippen LogP) is 1.88. The van der Waals surface area contributed by atoms with Gasteiger partial charge in [0.1, 0.15) is 5.76 Å². The lowest BCUT2D eigenvalue weighted by Gasteiger charge is -2.21. The van der Waals surface area contributed by atoms with Gasteiger partial charge in [-0.2, -0.15) is 0 Å². The fourth-order valence-electron chi connectivity index (χ4n) is 1.98. The van der Waals surface area contributed by atoms with Crippen molar-refractivity contribution in [2.75, 3.05) is 13.2 Å². The highest BCUT2D eigenvalue weighted by atomic mass is 127. The molecule has 1 atom stereocenters. The normalized spacial score (nSPS) is 20.4. The second-order valence-electron chi connectivity index (χ2n) is 3.99. The first-order valence-corrected chi connectivity index (χ1v) is 6.63. The minimum absolute atomic E-state index is 0.0242. The van der Waals surface area contributed by atoms with Gasteiger partial charge in [-0.3, -0.25) is 4.79 Å². The van der Waals surface area contributed by atoms with E-state index in [1.165, 1.54) is 6.08 Å². The number of aliphatic hydroxyl groups excluding tert-OH is 1. The molecule has 1 aromatic heterocycles. The predicted molar refractivity (Wildman–Crippen MR) is 72.3 cm³/mol. The summed E-state index contributed by atoms with van der Waals surface area (Å²) < 4.78 is 6.12. The van der Waals surface area contributed by atoms with Gasteiger partial charge in [-0.15, -0.1) is 0 Å². The molecule has 92 valence electrons. The lowest BCUT2D eigenvalue weighted by atomic mass is 10.2. The number of likely N-dealkylation sites (tertiary alicyclic amines) is 1. The Morgan fingerprint density at radius 2 is 2.47 bits per heavy atom. The van der Waals surface area contributed by atoms with Crippen LogP contribution in [0.1, 0.15) is 18.6 Å². The molecule has 2 rings (SSSR count). The number of carbonyl (C=O) groups is 1. The maximum Gasteiger partial charge on any atom is 0.247 e. The lowest BCUT2D eigenvalue weighted by Crippen LogP contribution is -2.36. The van der Waals surface area contributed by atoms with Gasteiger partial charge in [-0.1, -0.05) is 0 Å². The molecule has 0 bridgehead atoms. The van der Waals surface area contributed by atoms with Crippen LogP contribution in [0.25, 0.3) is 6.08 Å². The SMILES string of the molecule is O=C(/C=C/c1ccc(I)o1)N1CCC[C@@H]1CO. The van der Waals surface area contributed by atoms with Crippen molar-refractivity contribution in [3.8, 4) is 0 Å². The smallest absolute Gasteiger partial charge is 0.247 e. The number of halogens is 1. The molecule has 1 fully saturated rings. The molecule has 0 spiro atoms. The molecule has 0 unspecified atom stereocenters. The Balaban J connectivity index is 1.99. The van der Waals surface area contributed by atoms with Crippen LogP contribution in [0.2, 0.25) is 0 Å². The van der Waals surface area contributed by atoms with E-state index in [4.69, 9.17) is 9.52 Å². The number of hydrogen-bond acceptors (Lipinski definition) is 3. The molecule has 0 saturated carbocycles. The molecule has 1 aliphatic heterocycles. The summed E-state index contributed by atoms with van der Waals surface area (Å²) in [5.41, 5.74) is 0. The largest absolute Gasteiger partial charge is 0.451 e. The van der Waals surface area contributed by atoms with Crippen molar-refractivity contribution in [3.63, 3.8) is 0 Å². The van der Waals surface area contributed by atoms with Gasteiger partial charge in [-0.25, -0.2) is 0 Å². The third-order valence-corrected chi connectivity index (χ3v) is 3.43. The number of hydrogen-bond donors (Lipinski definition) is 1. The van der Waals surface area contributed by atoms with Gasteiger partial charge >= 0.3 is 0 Å².